The van der Waals surface area contributed by atoms with Crippen molar-refractivity contribution in [2.24, 2.45) is 5.73 Å². The third kappa shape index (κ3) is 12.0. The molecule has 0 unspecified atom stereocenters. The molecule has 1 saturated heterocycles. The van der Waals surface area contributed by atoms with Crippen molar-refractivity contribution in [3.63, 3.8) is 0 Å². The highest BCUT2D eigenvalue weighted by Crippen LogP contribution is 2.20. The molecule has 4 rings (SSSR count). The van der Waals surface area contributed by atoms with Crippen molar-refractivity contribution in [2.75, 3.05) is 6.54 Å². The van der Waals surface area contributed by atoms with E-state index in [1.54, 1.807) is 75.4 Å². The van der Waals surface area contributed by atoms with E-state index in [4.69, 9.17) is 15.2 Å². The number of amides is 5. The summed E-state index contributed by atoms with van der Waals surface area (Å²) >= 11 is 0. The Morgan fingerprint density at radius 2 is 1.20 bits per heavy atom. The maximum absolute atomic E-state index is 14.0. The molecule has 0 radical (unpaired) electrons. The minimum atomic E-state index is -1.41. The van der Waals surface area contributed by atoms with Gasteiger partial charge in [0.25, 0.3) is 0 Å². The number of rotatable bonds is 15. The number of primary amides is 1. The van der Waals surface area contributed by atoms with Crippen LogP contribution in [0.15, 0.2) is 91.0 Å². The molecule has 3 aromatic rings. The van der Waals surface area contributed by atoms with E-state index >= 15 is 0 Å². The molecule has 0 saturated carbocycles. The van der Waals surface area contributed by atoms with Crippen molar-refractivity contribution in [1.82, 2.24) is 20.9 Å². The minimum Gasteiger partial charge on any atom is -0.460 e. The van der Waals surface area contributed by atoms with E-state index in [0.717, 1.165) is 11.1 Å². The molecule has 5 amide bonds. The van der Waals surface area contributed by atoms with Crippen LogP contribution in [0.5, 0.6) is 0 Å². The highest BCUT2D eigenvalue weighted by Gasteiger charge is 2.40. The standard InChI is InChI=1S/C38H45N5O8/c1-38(2,3)51-32(44)23-28(33(39)45)40-34(46)29(21-25-13-7-4-8-14-25)41-35(47)30(22-26-15-9-5-10-16-26)42-36(48)31-19-20-43(31)37(49)50-24-27-17-11-6-12-18-27/h4-18,28-31H,19-24H2,1-3H3,(H2,39,45)(H,40,46)(H,41,47)(H,42,48)/t28-,29-,30-,31-/m0/s1. The quantitative estimate of drug-likeness (QED) is 0.174. The van der Waals surface area contributed by atoms with Crippen LogP contribution in [0.4, 0.5) is 4.79 Å². The number of esters is 1. The average molecular weight is 700 g/mol. The molecule has 4 atom stereocenters. The summed E-state index contributed by atoms with van der Waals surface area (Å²) in [5.41, 5.74) is 6.94. The molecule has 1 heterocycles. The Morgan fingerprint density at radius 3 is 1.65 bits per heavy atom. The molecule has 13 heteroatoms. The number of carbonyl (C=O) groups is 6. The van der Waals surface area contributed by atoms with Crippen LogP contribution in [0.25, 0.3) is 0 Å². The van der Waals surface area contributed by atoms with Gasteiger partial charge in [-0.15, -0.1) is 0 Å². The molecule has 3 aromatic carbocycles. The van der Waals surface area contributed by atoms with E-state index in [0.29, 0.717) is 18.5 Å². The first-order valence-electron chi connectivity index (χ1n) is 16.8. The summed E-state index contributed by atoms with van der Waals surface area (Å²) in [5, 5.41) is 8.00. The first-order chi connectivity index (χ1) is 24.3. The van der Waals surface area contributed by atoms with E-state index in [1.807, 2.05) is 36.4 Å². The minimum absolute atomic E-state index is 0.0198. The Hall–Kier alpha value is -5.72. The van der Waals surface area contributed by atoms with E-state index < -0.39 is 71.9 Å². The van der Waals surface area contributed by atoms with Gasteiger partial charge in [0.15, 0.2) is 0 Å². The van der Waals surface area contributed by atoms with Gasteiger partial charge in [0.1, 0.15) is 36.4 Å². The number of likely N-dealkylation sites (tertiary alicyclic amines) is 1. The van der Waals surface area contributed by atoms with Gasteiger partial charge in [-0.2, -0.15) is 0 Å². The summed E-state index contributed by atoms with van der Waals surface area (Å²) in [5.74, 6) is -3.70. The lowest BCUT2D eigenvalue weighted by Crippen LogP contribution is -2.62. The number of nitrogens with one attached hydrogen (secondary N) is 3. The predicted octanol–water partition coefficient (Wildman–Crippen LogP) is 2.55. The van der Waals surface area contributed by atoms with Crippen molar-refractivity contribution in [1.29, 1.82) is 0 Å². The lowest BCUT2D eigenvalue weighted by molar-refractivity contribution is -0.156. The second kappa shape index (κ2) is 17.8. The summed E-state index contributed by atoms with van der Waals surface area (Å²) in [6.07, 6.45) is -0.693. The highest BCUT2D eigenvalue weighted by atomic mass is 16.6. The average Bonchev–Trinajstić information content (AvgIpc) is 3.06. The largest absolute Gasteiger partial charge is 0.460 e. The van der Waals surface area contributed by atoms with E-state index in [1.165, 1.54) is 4.90 Å². The number of hydrogen-bond donors (Lipinski definition) is 4. The van der Waals surface area contributed by atoms with Crippen LogP contribution >= 0.6 is 0 Å². The molecule has 1 aliphatic heterocycles. The summed E-state index contributed by atoms with van der Waals surface area (Å²) in [6.45, 7) is 5.35. The van der Waals surface area contributed by atoms with Crippen LogP contribution in [0, 0.1) is 0 Å². The fourth-order valence-electron chi connectivity index (χ4n) is 5.38. The van der Waals surface area contributed by atoms with Gasteiger partial charge in [0, 0.05) is 19.4 Å². The van der Waals surface area contributed by atoms with Crippen molar-refractivity contribution < 1.29 is 38.2 Å². The third-order valence-corrected chi connectivity index (χ3v) is 8.04. The first kappa shape index (κ1) is 38.1. The van der Waals surface area contributed by atoms with Gasteiger partial charge in [-0.05, 0) is 43.9 Å². The van der Waals surface area contributed by atoms with Gasteiger partial charge < -0.3 is 31.2 Å². The third-order valence-electron chi connectivity index (χ3n) is 8.04. The van der Waals surface area contributed by atoms with Crippen LogP contribution < -0.4 is 21.7 Å². The molecule has 5 N–H and O–H groups in total. The molecule has 0 aliphatic carbocycles. The molecule has 270 valence electrons. The van der Waals surface area contributed by atoms with Gasteiger partial charge in [-0.1, -0.05) is 91.0 Å². The van der Waals surface area contributed by atoms with Crippen LogP contribution in [0.2, 0.25) is 0 Å². The van der Waals surface area contributed by atoms with E-state index in [2.05, 4.69) is 16.0 Å². The molecular weight excluding hydrogens is 654 g/mol. The zero-order valence-corrected chi connectivity index (χ0v) is 29.0. The Morgan fingerprint density at radius 1 is 0.725 bits per heavy atom. The van der Waals surface area contributed by atoms with Crippen LogP contribution in [-0.4, -0.2) is 76.9 Å². The summed E-state index contributed by atoms with van der Waals surface area (Å²) < 4.78 is 10.7. The number of benzene rings is 3. The Balaban J connectivity index is 1.49. The van der Waals surface area contributed by atoms with Gasteiger partial charge >= 0.3 is 12.1 Å². The molecule has 1 fully saturated rings. The second-order valence-corrected chi connectivity index (χ2v) is 13.3. The van der Waals surface area contributed by atoms with Crippen molar-refractivity contribution >= 4 is 35.7 Å². The maximum atomic E-state index is 14.0. The van der Waals surface area contributed by atoms with Crippen LogP contribution in [-0.2, 0) is 52.9 Å². The van der Waals surface area contributed by atoms with Crippen molar-refractivity contribution in [3.05, 3.63) is 108 Å². The lowest BCUT2D eigenvalue weighted by atomic mass is 9.99. The zero-order valence-electron chi connectivity index (χ0n) is 29.0. The van der Waals surface area contributed by atoms with Crippen LogP contribution in [0.3, 0.4) is 0 Å². The number of nitrogens with zero attached hydrogens (tertiary/aromatic N) is 1. The van der Waals surface area contributed by atoms with Gasteiger partial charge in [0.2, 0.25) is 23.6 Å². The molecule has 0 bridgehead atoms. The predicted molar refractivity (Wildman–Crippen MR) is 187 cm³/mol. The SMILES string of the molecule is CC(C)(C)OC(=O)C[C@H](NC(=O)[C@H](Cc1ccccc1)NC(=O)[C@H](Cc1ccccc1)NC(=O)[C@@H]1CCN1C(=O)OCc1ccccc1)C(N)=O. The smallest absolute Gasteiger partial charge is 0.410 e. The van der Waals surface area contributed by atoms with Crippen molar-refractivity contribution in [2.45, 2.75) is 82.8 Å². The number of ether oxygens (including phenoxy) is 2. The summed E-state index contributed by atoms with van der Waals surface area (Å²) in [7, 11) is 0. The Labute approximate surface area is 297 Å². The van der Waals surface area contributed by atoms with Crippen molar-refractivity contribution in [3.8, 4) is 0 Å². The fourth-order valence-corrected chi connectivity index (χ4v) is 5.38. The molecule has 13 nitrogen and oxygen atoms in total. The highest BCUT2D eigenvalue weighted by molar-refractivity contribution is 5.96. The second-order valence-electron chi connectivity index (χ2n) is 13.3. The Bertz CT molecular complexity index is 1660. The maximum Gasteiger partial charge on any atom is 0.410 e. The topological polar surface area (TPSA) is 186 Å². The zero-order chi connectivity index (χ0) is 37.0. The first-order valence-corrected chi connectivity index (χ1v) is 16.8. The normalized spacial score (nSPS) is 15.6. The summed E-state index contributed by atoms with van der Waals surface area (Å²) in [4.78, 5) is 80.1. The summed E-state index contributed by atoms with van der Waals surface area (Å²) in [6, 6.07) is 22.4. The number of hydrogen-bond acceptors (Lipinski definition) is 8. The van der Waals surface area contributed by atoms with Gasteiger partial charge in [0.05, 0.1) is 6.42 Å². The van der Waals surface area contributed by atoms with Gasteiger partial charge in [-0.25, -0.2) is 4.79 Å². The Kier molecular flexibility index (Phi) is 13.3. The molecular formula is C38H45N5O8. The fraction of sp³-hybridized carbons (Fsp3) is 0.368. The molecule has 0 spiro atoms. The number of nitrogens with two attached hydrogens (primary N) is 1. The van der Waals surface area contributed by atoms with E-state index in [-0.39, 0.29) is 19.4 Å². The lowest BCUT2D eigenvalue weighted by Gasteiger charge is -2.39. The number of carbonyl (C=O) groups excluding carboxylic acids is 6. The molecule has 1 aliphatic rings. The monoisotopic (exact) mass is 699 g/mol. The molecule has 51 heavy (non-hydrogen) atoms. The van der Waals surface area contributed by atoms with Crippen LogP contribution in [0.1, 0.15) is 50.3 Å². The van der Waals surface area contributed by atoms with Gasteiger partial charge in [-0.3, -0.25) is 28.9 Å². The molecule has 0 aromatic heterocycles. The van der Waals surface area contributed by atoms with E-state index in [9.17, 15) is 28.8 Å².